The molecule has 31 heavy (non-hydrogen) atoms. The van der Waals surface area contributed by atoms with E-state index >= 15 is 0 Å². The summed E-state index contributed by atoms with van der Waals surface area (Å²) in [6, 6.07) is 11.2. The number of piperazine rings is 1. The van der Waals surface area contributed by atoms with Crippen molar-refractivity contribution in [3.63, 3.8) is 0 Å². The molecule has 0 radical (unpaired) electrons. The average Bonchev–Trinajstić information content (AvgIpc) is 3.40. The molecular formula is C22H23F3N4OS. The van der Waals surface area contributed by atoms with Gasteiger partial charge in [-0.15, -0.1) is 11.3 Å². The van der Waals surface area contributed by atoms with Crippen LogP contribution in [0.5, 0.6) is 0 Å². The molecule has 0 bridgehead atoms. The van der Waals surface area contributed by atoms with Crippen molar-refractivity contribution in [3.8, 4) is 0 Å². The number of nitrogens with zero attached hydrogens (tertiary/aromatic N) is 4. The number of amides is 1. The van der Waals surface area contributed by atoms with Gasteiger partial charge in [-0.05, 0) is 35.6 Å². The van der Waals surface area contributed by atoms with Crippen LogP contribution in [0.15, 0.2) is 48.0 Å². The highest BCUT2D eigenvalue weighted by Gasteiger charge is 2.33. The minimum Gasteiger partial charge on any atom is -0.335 e. The minimum atomic E-state index is -4.46. The molecule has 2 aromatic heterocycles. The van der Waals surface area contributed by atoms with Gasteiger partial charge in [0.15, 0.2) is 5.69 Å². The number of carbonyl (C=O) groups is 1. The van der Waals surface area contributed by atoms with Gasteiger partial charge in [0.2, 0.25) is 0 Å². The van der Waals surface area contributed by atoms with Crippen LogP contribution in [-0.2, 0) is 19.3 Å². The van der Waals surface area contributed by atoms with Gasteiger partial charge in [0.05, 0.1) is 11.4 Å². The minimum absolute atomic E-state index is 0.0253. The molecule has 164 valence electrons. The van der Waals surface area contributed by atoms with Crippen molar-refractivity contribution in [2.24, 2.45) is 0 Å². The Morgan fingerprint density at radius 2 is 1.74 bits per heavy atom. The SMILES string of the molecule is Cc1ccc(CN2CCN(C(=O)c3cc(Cn4ccc(C(F)(F)F)n4)cs3)CC2)cc1. The van der Waals surface area contributed by atoms with Crippen molar-refractivity contribution in [3.05, 3.63) is 75.2 Å². The summed E-state index contributed by atoms with van der Waals surface area (Å²) in [6.07, 6.45) is -3.15. The number of halogens is 3. The molecule has 1 fully saturated rings. The van der Waals surface area contributed by atoms with Gasteiger partial charge in [-0.3, -0.25) is 14.4 Å². The second-order valence-corrected chi connectivity index (χ2v) is 8.68. The number of carbonyl (C=O) groups excluding carboxylic acids is 1. The maximum Gasteiger partial charge on any atom is 0.435 e. The van der Waals surface area contributed by atoms with Crippen LogP contribution in [0.3, 0.4) is 0 Å². The van der Waals surface area contributed by atoms with E-state index < -0.39 is 11.9 Å². The van der Waals surface area contributed by atoms with Crippen LogP contribution in [0.25, 0.3) is 0 Å². The third-order valence-corrected chi connectivity index (χ3v) is 6.29. The van der Waals surface area contributed by atoms with Crippen molar-refractivity contribution in [2.45, 2.75) is 26.2 Å². The standard InChI is InChI=1S/C22H23F3N4OS/c1-16-2-4-17(5-3-16)13-27-8-10-28(11-9-27)21(30)19-12-18(15-31-19)14-29-7-6-20(26-29)22(23,24)25/h2-7,12,15H,8-11,13-14H2,1H3. The number of aryl methyl sites for hydroxylation is 1. The summed E-state index contributed by atoms with van der Waals surface area (Å²) in [6.45, 7) is 6.08. The first-order valence-electron chi connectivity index (χ1n) is 10.0. The first-order chi connectivity index (χ1) is 14.8. The Morgan fingerprint density at radius 1 is 1.03 bits per heavy atom. The smallest absolute Gasteiger partial charge is 0.335 e. The second-order valence-electron chi connectivity index (χ2n) is 7.77. The highest BCUT2D eigenvalue weighted by Crippen LogP contribution is 2.27. The molecule has 3 heterocycles. The van der Waals surface area contributed by atoms with E-state index in [4.69, 9.17) is 0 Å². The van der Waals surface area contributed by atoms with Crippen LogP contribution in [0.2, 0.25) is 0 Å². The van der Waals surface area contributed by atoms with Crippen molar-refractivity contribution in [2.75, 3.05) is 26.2 Å². The zero-order chi connectivity index (χ0) is 22.0. The van der Waals surface area contributed by atoms with Crippen molar-refractivity contribution in [1.82, 2.24) is 19.6 Å². The zero-order valence-corrected chi connectivity index (χ0v) is 17.9. The van der Waals surface area contributed by atoms with Crippen LogP contribution >= 0.6 is 11.3 Å². The monoisotopic (exact) mass is 448 g/mol. The number of hydrogen-bond acceptors (Lipinski definition) is 4. The topological polar surface area (TPSA) is 41.4 Å². The van der Waals surface area contributed by atoms with Gasteiger partial charge in [0.25, 0.3) is 5.91 Å². The molecule has 0 atom stereocenters. The number of alkyl halides is 3. The molecule has 0 saturated carbocycles. The van der Waals surface area contributed by atoms with Gasteiger partial charge < -0.3 is 4.90 Å². The van der Waals surface area contributed by atoms with E-state index in [-0.39, 0.29) is 12.5 Å². The molecule has 5 nitrogen and oxygen atoms in total. The van der Waals surface area contributed by atoms with Crippen molar-refractivity contribution < 1.29 is 18.0 Å². The maximum atomic E-state index is 12.9. The molecule has 1 saturated heterocycles. The predicted octanol–water partition coefficient (Wildman–Crippen LogP) is 4.28. The summed E-state index contributed by atoms with van der Waals surface area (Å²) in [7, 11) is 0. The van der Waals surface area contributed by atoms with Gasteiger partial charge in [-0.1, -0.05) is 29.8 Å². The number of aromatic nitrogens is 2. The highest BCUT2D eigenvalue weighted by molar-refractivity contribution is 7.12. The van der Waals surface area contributed by atoms with E-state index in [1.54, 1.807) is 11.4 Å². The fraction of sp³-hybridized carbons (Fsp3) is 0.364. The summed E-state index contributed by atoms with van der Waals surface area (Å²) in [5.74, 6) is -0.0253. The molecule has 1 aliphatic rings. The molecule has 1 amide bonds. The molecule has 0 unspecified atom stereocenters. The predicted molar refractivity (Wildman–Crippen MR) is 113 cm³/mol. The number of hydrogen-bond donors (Lipinski definition) is 0. The van der Waals surface area contributed by atoms with Gasteiger partial charge in [0.1, 0.15) is 0 Å². The molecule has 0 aliphatic carbocycles. The quantitative estimate of drug-likeness (QED) is 0.585. The Morgan fingerprint density at radius 3 is 2.39 bits per heavy atom. The average molecular weight is 449 g/mol. The van der Waals surface area contributed by atoms with E-state index in [0.717, 1.165) is 31.3 Å². The third kappa shape index (κ3) is 5.34. The molecule has 0 N–H and O–H groups in total. The first-order valence-corrected chi connectivity index (χ1v) is 10.9. The summed E-state index contributed by atoms with van der Waals surface area (Å²) < 4.78 is 39.3. The molecule has 1 aromatic carbocycles. The van der Waals surface area contributed by atoms with E-state index in [2.05, 4.69) is 41.2 Å². The number of benzene rings is 1. The summed E-state index contributed by atoms with van der Waals surface area (Å²) in [4.78, 5) is 17.6. The maximum absolute atomic E-state index is 12.9. The number of thiophene rings is 1. The molecule has 3 aromatic rings. The Balaban J connectivity index is 1.31. The fourth-order valence-electron chi connectivity index (χ4n) is 3.58. The van der Waals surface area contributed by atoms with Crippen LogP contribution in [0, 0.1) is 6.92 Å². The lowest BCUT2D eigenvalue weighted by Gasteiger charge is -2.34. The Kier molecular flexibility index (Phi) is 6.15. The Labute approximate surface area is 182 Å². The molecule has 4 rings (SSSR count). The van der Waals surface area contributed by atoms with E-state index in [1.807, 2.05) is 4.90 Å². The van der Waals surface area contributed by atoms with Gasteiger partial charge >= 0.3 is 6.18 Å². The third-order valence-electron chi connectivity index (χ3n) is 5.33. The molecule has 9 heteroatoms. The first kappa shape index (κ1) is 21.6. The van der Waals surface area contributed by atoms with Crippen molar-refractivity contribution in [1.29, 1.82) is 0 Å². The molecular weight excluding hydrogens is 425 g/mol. The zero-order valence-electron chi connectivity index (χ0n) is 17.1. The molecule has 0 spiro atoms. The van der Waals surface area contributed by atoms with E-state index in [9.17, 15) is 18.0 Å². The Bertz CT molecular complexity index is 1030. The van der Waals surface area contributed by atoms with Gasteiger partial charge in [-0.2, -0.15) is 18.3 Å². The lowest BCUT2D eigenvalue weighted by atomic mass is 10.1. The largest absolute Gasteiger partial charge is 0.435 e. The summed E-state index contributed by atoms with van der Waals surface area (Å²) in [5.41, 5.74) is 2.36. The summed E-state index contributed by atoms with van der Waals surface area (Å²) in [5, 5.41) is 5.37. The van der Waals surface area contributed by atoms with Crippen LogP contribution < -0.4 is 0 Å². The van der Waals surface area contributed by atoms with Crippen LogP contribution in [-0.4, -0.2) is 51.7 Å². The highest BCUT2D eigenvalue weighted by atomic mass is 32.1. The normalized spacial score (nSPS) is 15.4. The van der Waals surface area contributed by atoms with Crippen LogP contribution in [0.1, 0.15) is 32.1 Å². The Hall–Kier alpha value is -2.65. The van der Waals surface area contributed by atoms with Gasteiger partial charge in [-0.25, -0.2) is 0 Å². The summed E-state index contributed by atoms with van der Waals surface area (Å²) >= 11 is 1.32. The van der Waals surface area contributed by atoms with Crippen LogP contribution in [0.4, 0.5) is 13.2 Å². The van der Waals surface area contributed by atoms with Gasteiger partial charge in [0, 0.05) is 38.9 Å². The van der Waals surface area contributed by atoms with E-state index in [1.165, 1.54) is 33.3 Å². The number of rotatable bonds is 5. The molecule has 1 aliphatic heterocycles. The van der Waals surface area contributed by atoms with Crippen molar-refractivity contribution >= 4 is 17.2 Å². The second kappa shape index (κ2) is 8.84. The fourth-order valence-corrected chi connectivity index (χ4v) is 4.45. The lowest BCUT2D eigenvalue weighted by molar-refractivity contribution is -0.141. The lowest BCUT2D eigenvalue weighted by Crippen LogP contribution is -2.48. The van der Waals surface area contributed by atoms with E-state index in [0.29, 0.717) is 18.0 Å².